The van der Waals surface area contributed by atoms with Crippen molar-refractivity contribution in [2.45, 2.75) is 63.5 Å². The van der Waals surface area contributed by atoms with Gasteiger partial charge in [-0.2, -0.15) is 0 Å². The Labute approximate surface area is 104 Å². The molecule has 3 N–H and O–H groups in total. The smallest absolute Gasteiger partial charge is 0.317 e. The van der Waals surface area contributed by atoms with Crippen molar-refractivity contribution in [1.82, 2.24) is 10.2 Å². The minimum atomic E-state index is 0.106. The fourth-order valence-corrected chi connectivity index (χ4v) is 2.86. The van der Waals surface area contributed by atoms with E-state index in [1.807, 2.05) is 4.90 Å². The number of nitrogens with zero attached hydrogens (tertiary/aromatic N) is 1. The second-order valence-corrected chi connectivity index (χ2v) is 5.41. The summed E-state index contributed by atoms with van der Waals surface area (Å²) in [6.07, 6.45) is 9.29. The van der Waals surface area contributed by atoms with E-state index in [0.717, 1.165) is 38.8 Å². The molecule has 17 heavy (non-hydrogen) atoms. The van der Waals surface area contributed by atoms with Gasteiger partial charge >= 0.3 is 6.03 Å². The predicted molar refractivity (Wildman–Crippen MR) is 68.8 cm³/mol. The first-order chi connectivity index (χ1) is 8.27. The Morgan fingerprint density at radius 1 is 1.00 bits per heavy atom. The van der Waals surface area contributed by atoms with Crippen molar-refractivity contribution < 1.29 is 4.79 Å². The molecule has 1 saturated heterocycles. The highest BCUT2D eigenvalue weighted by molar-refractivity contribution is 5.74. The number of likely N-dealkylation sites (tertiary alicyclic amines) is 1. The first kappa shape index (κ1) is 12.7. The van der Waals surface area contributed by atoms with Gasteiger partial charge in [0.05, 0.1) is 0 Å². The van der Waals surface area contributed by atoms with Gasteiger partial charge in [0, 0.05) is 25.2 Å². The molecule has 0 bridgehead atoms. The van der Waals surface area contributed by atoms with Crippen LogP contribution in [0.25, 0.3) is 0 Å². The van der Waals surface area contributed by atoms with Gasteiger partial charge < -0.3 is 16.0 Å². The molecular formula is C13H25N3O. The summed E-state index contributed by atoms with van der Waals surface area (Å²) in [6, 6.07) is 0.452. The van der Waals surface area contributed by atoms with E-state index < -0.39 is 0 Å². The van der Waals surface area contributed by atoms with Gasteiger partial charge in [-0.3, -0.25) is 0 Å². The maximum Gasteiger partial charge on any atom is 0.317 e. The van der Waals surface area contributed by atoms with Crippen LogP contribution >= 0.6 is 0 Å². The van der Waals surface area contributed by atoms with Crippen LogP contribution in [0.1, 0.15) is 51.4 Å². The monoisotopic (exact) mass is 239 g/mol. The Balaban J connectivity index is 1.82. The molecule has 1 aliphatic carbocycles. The number of nitrogens with one attached hydrogen (secondary N) is 1. The minimum absolute atomic E-state index is 0.106. The van der Waals surface area contributed by atoms with Crippen molar-refractivity contribution in [2.75, 3.05) is 13.1 Å². The van der Waals surface area contributed by atoms with E-state index in [4.69, 9.17) is 5.73 Å². The summed E-state index contributed by atoms with van der Waals surface area (Å²) in [5.41, 5.74) is 6.05. The van der Waals surface area contributed by atoms with E-state index in [-0.39, 0.29) is 18.1 Å². The molecule has 2 unspecified atom stereocenters. The van der Waals surface area contributed by atoms with Crippen molar-refractivity contribution in [2.24, 2.45) is 5.73 Å². The third-order valence-electron chi connectivity index (χ3n) is 4.02. The van der Waals surface area contributed by atoms with E-state index in [1.54, 1.807) is 0 Å². The van der Waals surface area contributed by atoms with Crippen LogP contribution in [-0.4, -0.2) is 36.1 Å². The molecule has 98 valence electrons. The number of hydrogen-bond acceptors (Lipinski definition) is 2. The first-order valence-electron chi connectivity index (χ1n) is 7.08. The number of amides is 2. The maximum atomic E-state index is 12.1. The molecule has 2 aliphatic rings. The molecule has 0 aromatic rings. The molecule has 2 rings (SSSR count). The maximum absolute atomic E-state index is 12.1. The number of nitrogens with two attached hydrogens (primary N) is 1. The molecule has 2 amide bonds. The third kappa shape index (κ3) is 3.60. The average molecular weight is 239 g/mol. The van der Waals surface area contributed by atoms with Crippen LogP contribution in [0.5, 0.6) is 0 Å². The van der Waals surface area contributed by atoms with Gasteiger partial charge in [0.1, 0.15) is 0 Å². The minimum Gasteiger partial charge on any atom is -0.334 e. The topological polar surface area (TPSA) is 58.4 Å². The molecule has 4 heteroatoms. The number of urea groups is 1. The number of carbonyl (C=O) groups is 1. The van der Waals surface area contributed by atoms with Gasteiger partial charge in [0.2, 0.25) is 0 Å². The lowest BCUT2D eigenvalue weighted by Crippen LogP contribution is -2.53. The quantitative estimate of drug-likeness (QED) is 0.733. The molecule has 1 aliphatic heterocycles. The van der Waals surface area contributed by atoms with E-state index in [0.29, 0.717) is 0 Å². The summed E-state index contributed by atoms with van der Waals surface area (Å²) >= 11 is 0. The Morgan fingerprint density at radius 3 is 2.29 bits per heavy atom. The summed E-state index contributed by atoms with van der Waals surface area (Å²) in [5, 5.41) is 3.13. The molecule has 2 fully saturated rings. The van der Waals surface area contributed by atoms with Crippen LogP contribution < -0.4 is 11.1 Å². The largest absolute Gasteiger partial charge is 0.334 e. The van der Waals surface area contributed by atoms with Crippen LogP contribution in [0.15, 0.2) is 0 Å². The lowest BCUT2D eigenvalue weighted by Gasteiger charge is -2.31. The van der Waals surface area contributed by atoms with Gasteiger partial charge in [-0.05, 0) is 25.7 Å². The fourth-order valence-electron chi connectivity index (χ4n) is 2.86. The van der Waals surface area contributed by atoms with Gasteiger partial charge in [0.15, 0.2) is 0 Å². The van der Waals surface area contributed by atoms with Crippen molar-refractivity contribution in [3.63, 3.8) is 0 Å². The van der Waals surface area contributed by atoms with Crippen LogP contribution in [-0.2, 0) is 0 Å². The summed E-state index contributed by atoms with van der Waals surface area (Å²) in [6.45, 7) is 1.82. The van der Waals surface area contributed by atoms with E-state index >= 15 is 0 Å². The average Bonchev–Trinajstić information content (AvgIpc) is 2.61. The van der Waals surface area contributed by atoms with E-state index in [9.17, 15) is 4.79 Å². The van der Waals surface area contributed by atoms with Crippen LogP contribution in [0.2, 0.25) is 0 Å². The van der Waals surface area contributed by atoms with Gasteiger partial charge in [-0.25, -0.2) is 4.79 Å². The lowest BCUT2D eigenvalue weighted by molar-refractivity contribution is 0.189. The van der Waals surface area contributed by atoms with Crippen LogP contribution in [0.4, 0.5) is 4.79 Å². The standard InChI is InChI=1S/C13H25N3O/c14-11-7-3-4-8-12(11)15-13(17)16-9-5-1-2-6-10-16/h11-12H,1-10,14H2,(H,15,17). The van der Waals surface area contributed by atoms with E-state index in [2.05, 4.69) is 5.32 Å². The van der Waals surface area contributed by atoms with Gasteiger partial charge in [0.25, 0.3) is 0 Å². The molecule has 0 radical (unpaired) electrons. The lowest BCUT2D eigenvalue weighted by atomic mass is 9.91. The second kappa shape index (κ2) is 6.24. The molecular weight excluding hydrogens is 214 g/mol. The SMILES string of the molecule is NC1CCCCC1NC(=O)N1CCCCCC1. The molecule has 0 spiro atoms. The zero-order chi connectivity index (χ0) is 12.1. The third-order valence-corrected chi connectivity index (χ3v) is 4.02. The summed E-state index contributed by atoms with van der Waals surface area (Å²) in [4.78, 5) is 14.1. The second-order valence-electron chi connectivity index (χ2n) is 5.41. The Bertz CT molecular complexity index is 249. The molecule has 0 aromatic heterocycles. The highest BCUT2D eigenvalue weighted by Crippen LogP contribution is 2.17. The highest BCUT2D eigenvalue weighted by Gasteiger charge is 2.25. The highest BCUT2D eigenvalue weighted by atomic mass is 16.2. The summed E-state index contributed by atoms with van der Waals surface area (Å²) in [5.74, 6) is 0. The van der Waals surface area contributed by atoms with Gasteiger partial charge in [-0.1, -0.05) is 25.7 Å². The molecule has 1 heterocycles. The zero-order valence-corrected chi connectivity index (χ0v) is 10.7. The Morgan fingerprint density at radius 2 is 1.65 bits per heavy atom. The fraction of sp³-hybridized carbons (Fsp3) is 0.923. The van der Waals surface area contributed by atoms with Crippen molar-refractivity contribution >= 4 is 6.03 Å². The molecule has 4 nitrogen and oxygen atoms in total. The van der Waals surface area contributed by atoms with Crippen LogP contribution in [0, 0.1) is 0 Å². The van der Waals surface area contributed by atoms with Gasteiger partial charge in [-0.15, -0.1) is 0 Å². The first-order valence-corrected chi connectivity index (χ1v) is 7.08. The predicted octanol–water partition coefficient (Wildman–Crippen LogP) is 1.84. The zero-order valence-electron chi connectivity index (χ0n) is 10.7. The Kier molecular flexibility index (Phi) is 4.66. The van der Waals surface area contributed by atoms with Crippen LogP contribution in [0.3, 0.4) is 0 Å². The normalized spacial score (nSPS) is 30.8. The molecule has 2 atom stereocenters. The van der Waals surface area contributed by atoms with Crippen molar-refractivity contribution in [3.8, 4) is 0 Å². The number of hydrogen-bond donors (Lipinski definition) is 2. The summed E-state index contributed by atoms with van der Waals surface area (Å²) < 4.78 is 0. The summed E-state index contributed by atoms with van der Waals surface area (Å²) in [7, 11) is 0. The number of rotatable bonds is 1. The van der Waals surface area contributed by atoms with E-state index in [1.165, 1.54) is 25.7 Å². The molecule has 1 saturated carbocycles. The van der Waals surface area contributed by atoms with Crippen molar-refractivity contribution in [1.29, 1.82) is 0 Å². The molecule has 0 aromatic carbocycles. The Hall–Kier alpha value is -0.770. The van der Waals surface area contributed by atoms with Crippen molar-refractivity contribution in [3.05, 3.63) is 0 Å². The number of carbonyl (C=O) groups excluding carboxylic acids is 1.